The first-order valence-corrected chi connectivity index (χ1v) is 33.3. The Balaban J connectivity index is 4.16. The van der Waals surface area contributed by atoms with Gasteiger partial charge in [0.05, 0.1) is 39.9 Å². The van der Waals surface area contributed by atoms with Crippen LogP contribution in [0.1, 0.15) is 290 Å². The molecule has 9 heteroatoms. The standard InChI is InChI=1S/C66H123N2O6P/c1-6-8-10-12-14-16-18-20-22-24-26-28-30-31-32-33-34-35-36-38-39-41-43-45-47-49-51-53-55-57-59-65(69)64(63-74-75(71,72)73-62-61-68(3,4)5)67-66(70)60-58-56-54-52-50-48-46-44-42-40-37-29-27-25-23-21-19-17-15-13-11-9-7-2/h9,11,15,17,21,23,27,29,40,42,57,59,64-65,69H,6-8,10,12-14,16,18-20,22,24-26,28,30-39,41,43-56,58,60-63H2,1-5H3,(H-,67,70,71,72)/p+1/b11-9-,17-15-,23-21-,29-27-,42-40-,59-57+. The van der Waals surface area contributed by atoms with E-state index in [-0.39, 0.29) is 19.1 Å². The quantitative estimate of drug-likeness (QED) is 0.0243. The van der Waals surface area contributed by atoms with Crippen molar-refractivity contribution in [3.05, 3.63) is 72.9 Å². The van der Waals surface area contributed by atoms with E-state index in [0.717, 1.165) is 83.5 Å². The van der Waals surface area contributed by atoms with Gasteiger partial charge in [0.15, 0.2) is 0 Å². The number of aliphatic hydroxyl groups is 1. The molecule has 0 heterocycles. The summed E-state index contributed by atoms with van der Waals surface area (Å²) in [5, 5.41) is 14.0. The van der Waals surface area contributed by atoms with Gasteiger partial charge in [0.1, 0.15) is 13.2 Å². The Kier molecular flexibility index (Phi) is 55.1. The minimum Gasteiger partial charge on any atom is -0.387 e. The summed E-state index contributed by atoms with van der Waals surface area (Å²) >= 11 is 0. The summed E-state index contributed by atoms with van der Waals surface area (Å²) in [5.41, 5.74) is 0. The Morgan fingerprint density at radius 1 is 0.467 bits per heavy atom. The molecule has 0 aliphatic heterocycles. The first kappa shape index (κ1) is 72.9. The van der Waals surface area contributed by atoms with E-state index in [2.05, 4.69) is 79.9 Å². The van der Waals surface area contributed by atoms with Crippen molar-refractivity contribution in [3.8, 4) is 0 Å². The van der Waals surface area contributed by atoms with Gasteiger partial charge in [-0.05, 0) is 64.2 Å². The third-order valence-corrected chi connectivity index (χ3v) is 15.2. The maximum absolute atomic E-state index is 13.0. The second-order valence-corrected chi connectivity index (χ2v) is 24.2. The van der Waals surface area contributed by atoms with Gasteiger partial charge in [0, 0.05) is 6.42 Å². The number of allylic oxidation sites excluding steroid dienone is 11. The molecule has 0 saturated carbocycles. The molecule has 1 amide bonds. The zero-order valence-corrected chi connectivity index (χ0v) is 50.9. The molecule has 0 aliphatic rings. The van der Waals surface area contributed by atoms with Crippen LogP contribution in [-0.4, -0.2) is 73.4 Å². The van der Waals surface area contributed by atoms with E-state index >= 15 is 0 Å². The monoisotopic (exact) mass is 1070 g/mol. The lowest BCUT2D eigenvalue weighted by Crippen LogP contribution is -2.45. The molecule has 0 fully saturated rings. The van der Waals surface area contributed by atoms with E-state index in [0.29, 0.717) is 17.4 Å². The minimum absolute atomic E-state index is 0.0563. The van der Waals surface area contributed by atoms with Gasteiger partial charge in [-0.1, -0.05) is 292 Å². The molecule has 0 aromatic rings. The number of aliphatic hydroxyl groups excluding tert-OH is 1. The Bertz CT molecular complexity index is 1450. The van der Waals surface area contributed by atoms with E-state index in [1.807, 2.05) is 27.2 Å². The van der Waals surface area contributed by atoms with Gasteiger partial charge in [0.2, 0.25) is 5.91 Å². The number of rotatable bonds is 58. The van der Waals surface area contributed by atoms with E-state index in [9.17, 15) is 19.4 Å². The Morgan fingerprint density at radius 2 is 0.800 bits per heavy atom. The van der Waals surface area contributed by atoms with Gasteiger partial charge in [-0.15, -0.1) is 0 Å². The SMILES string of the molecule is CC/C=C\C/C=C\C/C=C\C/C=C\C/C=C\CCCCCCCCCC(=O)NC(COP(=O)(O)OCC[N+](C)(C)C)C(O)/C=C/CCCCCCCCCCCCCCCCCCCCCCCCCCCCCC. The van der Waals surface area contributed by atoms with Crippen LogP contribution in [0.3, 0.4) is 0 Å². The summed E-state index contributed by atoms with van der Waals surface area (Å²) < 4.78 is 23.8. The Labute approximate surface area is 465 Å². The van der Waals surface area contributed by atoms with Crippen LogP contribution < -0.4 is 5.32 Å². The molecule has 0 aliphatic carbocycles. The summed E-state index contributed by atoms with van der Waals surface area (Å²) in [6.07, 6.45) is 78.8. The average molecular weight is 1070 g/mol. The van der Waals surface area contributed by atoms with Crippen molar-refractivity contribution < 1.29 is 32.9 Å². The molecule has 3 N–H and O–H groups in total. The van der Waals surface area contributed by atoms with Gasteiger partial charge in [-0.25, -0.2) is 4.57 Å². The normalized spacial score (nSPS) is 14.3. The van der Waals surface area contributed by atoms with Crippen LogP contribution in [0, 0.1) is 0 Å². The number of amides is 1. The smallest absolute Gasteiger partial charge is 0.387 e. The number of carbonyl (C=O) groups is 1. The lowest BCUT2D eigenvalue weighted by Gasteiger charge is -2.25. The number of nitrogens with zero attached hydrogens (tertiary/aromatic N) is 1. The lowest BCUT2D eigenvalue weighted by atomic mass is 10.0. The predicted molar refractivity (Wildman–Crippen MR) is 327 cm³/mol. The highest BCUT2D eigenvalue weighted by Crippen LogP contribution is 2.43. The van der Waals surface area contributed by atoms with Crippen molar-refractivity contribution >= 4 is 13.7 Å². The summed E-state index contributed by atoms with van der Waals surface area (Å²) in [4.78, 5) is 23.4. The molecule has 3 unspecified atom stereocenters. The topological polar surface area (TPSA) is 105 Å². The van der Waals surface area contributed by atoms with Crippen LogP contribution >= 0.6 is 7.82 Å². The molecule has 0 aromatic heterocycles. The van der Waals surface area contributed by atoms with Gasteiger partial charge in [0.25, 0.3) is 0 Å². The second kappa shape index (κ2) is 56.7. The molecule has 75 heavy (non-hydrogen) atoms. The van der Waals surface area contributed by atoms with Crippen LogP contribution in [-0.2, 0) is 18.4 Å². The highest BCUT2D eigenvalue weighted by atomic mass is 31.2. The van der Waals surface area contributed by atoms with E-state index in [4.69, 9.17) is 9.05 Å². The molecule has 0 bridgehead atoms. The van der Waals surface area contributed by atoms with Gasteiger partial charge >= 0.3 is 7.82 Å². The highest BCUT2D eigenvalue weighted by molar-refractivity contribution is 7.47. The number of hydrogen-bond acceptors (Lipinski definition) is 5. The van der Waals surface area contributed by atoms with Crippen molar-refractivity contribution in [1.82, 2.24) is 5.32 Å². The molecule has 3 atom stereocenters. The van der Waals surface area contributed by atoms with Crippen LogP contribution in [0.25, 0.3) is 0 Å². The number of quaternary nitrogens is 1. The minimum atomic E-state index is -4.36. The van der Waals surface area contributed by atoms with Crippen molar-refractivity contribution in [3.63, 3.8) is 0 Å². The van der Waals surface area contributed by atoms with E-state index in [1.54, 1.807) is 6.08 Å². The van der Waals surface area contributed by atoms with Gasteiger partial charge in [-0.2, -0.15) is 0 Å². The lowest BCUT2D eigenvalue weighted by molar-refractivity contribution is -0.870. The number of carbonyl (C=O) groups excluding carboxylic acids is 1. The number of phosphoric acid groups is 1. The largest absolute Gasteiger partial charge is 0.472 e. The van der Waals surface area contributed by atoms with Crippen molar-refractivity contribution in [1.29, 1.82) is 0 Å². The Morgan fingerprint density at radius 3 is 1.17 bits per heavy atom. The zero-order chi connectivity index (χ0) is 54.9. The number of hydrogen-bond donors (Lipinski definition) is 3. The van der Waals surface area contributed by atoms with Gasteiger partial charge in [-0.3, -0.25) is 13.8 Å². The molecule has 0 rings (SSSR count). The Hall–Kier alpha value is -2.06. The molecular weight excluding hydrogens is 948 g/mol. The van der Waals surface area contributed by atoms with E-state index < -0.39 is 20.0 Å². The zero-order valence-electron chi connectivity index (χ0n) is 50.0. The fraction of sp³-hybridized carbons (Fsp3) is 0.803. The third kappa shape index (κ3) is 59.4. The molecule has 8 nitrogen and oxygen atoms in total. The predicted octanol–water partition coefficient (Wildman–Crippen LogP) is 19.8. The number of nitrogens with one attached hydrogen (secondary N) is 1. The van der Waals surface area contributed by atoms with Crippen molar-refractivity contribution in [2.24, 2.45) is 0 Å². The third-order valence-electron chi connectivity index (χ3n) is 14.2. The van der Waals surface area contributed by atoms with Crippen molar-refractivity contribution in [2.75, 3.05) is 40.9 Å². The number of phosphoric ester groups is 1. The summed E-state index contributed by atoms with van der Waals surface area (Å²) in [5.74, 6) is -0.187. The number of unbranched alkanes of at least 4 members (excludes halogenated alkanes) is 35. The van der Waals surface area contributed by atoms with Crippen molar-refractivity contribution in [2.45, 2.75) is 302 Å². The first-order valence-electron chi connectivity index (χ1n) is 31.8. The molecule has 0 radical (unpaired) electrons. The van der Waals surface area contributed by atoms with Crippen LogP contribution in [0.4, 0.5) is 0 Å². The van der Waals surface area contributed by atoms with Crippen LogP contribution in [0.15, 0.2) is 72.9 Å². The molecule has 0 saturated heterocycles. The highest BCUT2D eigenvalue weighted by Gasteiger charge is 2.27. The molecule has 0 aromatic carbocycles. The number of likely N-dealkylation sites (N-methyl/N-ethyl adjacent to an activating group) is 1. The van der Waals surface area contributed by atoms with Gasteiger partial charge < -0.3 is 19.8 Å². The van der Waals surface area contributed by atoms with Crippen LogP contribution in [0.5, 0.6) is 0 Å². The maximum atomic E-state index is 13.0. The first-order chi connectivity index (χ1) is 36.5. The van der Waals surface area contributed by atoms with Crippen LogP contribution in [0.2, 0.25) is 0 Å². The average Bonchev–Trinajstić information content (AvgIpc) is 3.37. The summed E-state index contributed by atoms with van der Waals surface area (Å²) in [6, 6.07) is -0.858. The van der Waals surface area contributed by atoms with E-state index in [1.165, 1.54) is 186 Å². The molecular formula is C66H124N2O6P+. The summed E-state index contributed by atoms with van der Waals surface area (Å²) in [7, 11) is 1.56. The maximum Gasteiger partial charge on any atom is 0.472 e. The second-order valence-electron chi connectivity index (χ2n) is 22.8. The summed E-state index contributed by atoms with van der Waals surface area (Å²) in [6.45, 7) is 4.72. The fourth-order valence-electron chi connectivity index (χ4n) is 9.25. The molecule has 0 spiro atoms. The molecule has 438 valence electrons. The fourth-order valence-corrected chi connectivity index (χ4v) is 9.98.